The maximum absolute atomic E-state index is 9.07. The second kappa shape index (κ2) is 2.97. The van der Waals surface area contributed by atoms with Crippen molar-refractivity contribution >= 4 is 11.4 Å². The van der Waals surface area contributed by atoms with Gasteiger partial charge in [0.15, 0.2) is 0 Å². The van der Waals surface area contributed by atoms with Crippen molar-refractivity contribution in [1.82, 2.24) is 0 Å². The van der Waals surface area contributed by atoms with E-state index in [4.69, 9.17) is 10.4 Å². The van der Waals surface area contributed by atoms with Crippen molar-refractivity contribution in [2.75, 3.05) is 0 Å². The molecule has 0 spiro atoms. The summed E-state index contributed by atoms with van der Waals surface area (Å²) in [6.07, 6.45) is 2.53. The molecule has 0 saturated heterocycles. The smallest absolute Gasteiger partial charge is 0.0692 e. The molecule has 0 aromatic heterocycles. The molecule has 15 heavy (non-hydrogen) atoms. The van der Waals surface area contributed by atoms with Crippen LogP contribution < -0.4 is 0 Å². The molecule has 84 valence electrons. The van der Waals surface area contributed by atoms with Crippen molar-refractivity contribution < 1.29 is 10.4 Å². The largest absolute Gasteiger partial charge is 0.411 e. The summed E-state index contributed by atoms with van der Waals surface area (Å²) in [6, 6.07) is 0. The Balaban J connectivity index is 2.54. The van der Waals surface area contributed by atoms with Gasteiger partial charge in [0.05, 0.1) is 11.4 Å². The van der Waals surface area contributed by atoms with Crippen LogP contribution in [0.15, 0.2) is 10.3 Å². The summed E-state index contributed by atoms with van der Waals surface area (Å²) in [5, 5.41) is 24.9. The van der Waals surface area contributed by atoms with Gasteiger partial charge >= 0.3 is 0 Å². The van der Waals surface area contributed by atoms with Gasteiger partial charge in [0.25, 0.3) is 0 Å². The average molecular weight is 210 g/mol. The molecule has 0 amide bonds. The first-order chi connectivity index (χ1) is 6.97. The third kappa shape index (κ3) is 1.08. The van der Waals surface area contributed by atoms with Crippen LogP contribution in [0.3, 0.4) is 0 Å². The molecule has 0 aromatic rings. The third-order valence-corrected chi connectivity index (χ3v) is 4.86. The van der Waals surface area contributed by atoms with E-state index in [-0.39, 0.29) is 10.8 Å². The molecule has 2 bridgehead atoms. The summed E-state index contributed by atoms with van der Waals surface area (Å²) in [7, 11) is 0. The highest BCUT2D eigenvalue weighted by Crippen LogP contribution is 2.60. The Morgan fingerprint density at radius 2 is 1.87 bits per heavy atom. The van der Waals surface area contributed by atoms with Gasteiger partial charge in [-0.05, 0) is 18.3 Å². The highest BCUT2D eigenvalue weighted by molar-refractivity contribution is 6.11. The fraction of sp³-hybridized carbons (Fsp3) is 0.818. The van der Waals surface area contributed by atoms with Crippen LogP contribution in [-0.2, 0) is 0 Å². The SMILES string of the molecule is CC1(C)[C@@H]2CC[C@@]1(C)/C(=N/O)CC2=NO. The molecule has 4 nitrogen and oxygen atoms in total. The number of fused-ring (bicyclic) bond motifs is 2. The van der Waals surface area contributed by atoms with Crippen molar-refractivity contribution in [2.24, 2.45) is 27.1 Å². The van der Waals surface area contributed by atoms with Crippen molar-refractivity contribution in [3.8, 4) is 0 Å². The monoisotopic (exact) mass is 210 g/mol. The van der Waals surface area contributed by atoms with Gasteiger partial charge in [-0.1, -0.05) is 31.1 Å². The number of rotatable bonds is 0. The van der Waals surface area contributed by atoms with Crippen LogP contribution in [0.25, 0.3) is 0 Å². The molecule has 0 unspecified atom stereocenters. The summed E-state index contributed by atoms with van der Waals surface area (Å²) in [5.74, 6) is 0.318. The molecule has 2 atom stereocenters. The predicted octanol–water partition coefficient (Wildman–Crippen LogP) is 2.49. The molecule has 0 radical (unpaired) electrons. The van der Waals surface area contributed by atoms with Crippen LogP contribution in [-0.4, -0.2) is 21.8 Å². The van der Waals surface area contributed by atoms with Gasteiger partial charge < -0.3 is 10.4 Å². The Morgan fingerprint density at radius 1 is 1.20 bits per heavy atom. The Labute approximate surface area is 89.7 Å². The quantitative estimate of drug-likeness (QED) is 0.476. The standard InChI is InChI=1S/C11H18N2O2/c1-10(2)7-4-5-11(10,3)9(13-15)6-8(7)12-14/h7,14-15H,4-6H2,1-3H3/b12-8?,13-9+/t7-,11+/m1/s1. The lowest BCUT2D eigenvalue weighted by molar-refractivity contribution is 0.164. The average Bonchev–Trinajstić information content (AvgIpc) is 2.37. The number of hydrogen-bond donors (Lipinski definition) is 2. The zero-order valence-electron chi connectivity index (χ0n) is 9.49. The molecule has 2 aliphatic rings. The third-order valence-electron chi connectivity index (χ3n) is 4.86. The van der Waals surface area contributed by atoms with Crippen LogP contribution in [0.1, 0.15) is 40.0 Å². The Bertz CT molecular complexity index is 346. The summed E-state index contributed by atoms with van der Waals surface area (Å²) in [5.41, 5.74) is 1.48. The molecule has 2 N–H and O–H groups in total. The lowest BCUT2D eigenvalue weighted by Gasteiger charge is -2.46. The molecular formula is C11H18N2O2. The molecule has 2 aliphatic carbocycles. The van der Waals surface area contributed by atoms with E-state index in [1.807, 2.05) is 0 Å². The van der Waals surface area contributed by atoms with Gasteiger partial charge in [-0.25, -0.2) is 0 Å². The van der Waals surface area contributed by atoms with Crippen molar-refractivity contribution in [3.05, 3.63) is 0 Å². The van der Waals surface area contributed by atoms with Gasteiger partial charge in [-0.2, -0.15) is 0 Å². The van der Waals surface area contributed by atoms with Crippen LogP contribution in [0.5, 0.6) is 0 Å². The van der Waals surface area contributed by atoms with Gasteiger partial charge in [0.1, 0.15) is 0 Å². The van der Waals surface area contributed by atoms with Gasteiger partial charge in [-0.3, -0.25) is 0 Å². The Hall–Kier alpha value is -1.06. The zero-order valence-corrected chi connectivity index (χ0v) is 9.49. The minimum Gasteiger partial charge on any atom is -0.411 e. The number of hydrogen-bond acceptors (Lipinski definition) is 4. The summed E-state index contributed by atoms with van der Waals surface area (Å²) >= 11 is 0. The molecular weight excluding hydrogens is 192 g/mol. The second-order valence-corrected chi connectivity index (χ2v) is 5.46. The molecule has 0 aromatic carbocycles. The van der Waals surface area contributed by atoms with Gasteiger partial charge in [-0.15, -0.1) is 0 Å². The van der Waals surface area contributed by atoms with Crippen molar-refractivity contribution in [2.45, 2.75) is 40.0 Å². The van der Waals surface area contributed by atoms with Crippen LogP contribution in [0.2, 0.25) is 0 Å². The van der Waals surface area contributed by atoms with Crippen LogP contribution in [0, 0.1) is 16.7 Å². The van der Waals surface area contributed by atoms with E-state index in [0.29, 0.717) is 12.3 Å². The fourth-order valence-corrected chi connectivity index (χ4v) is 3.34. The van der Waals surface area contributed by atoms with Gasteiger partial charge in [0, 0.05) is 17.8 Å². The lowest BCUT2D eigenvalue weighted by Crippen LogP contribution is -2.48. The summed E-state index contributed by atoms with van der Waals surface area (Å²) in [4.78, 5) is 0. The fourth-order valence-electron chi connectivity index (χ4n) is 3.34. The Morgan fingerprint density at radius 3 is 2.40 bits per heavy atom. The first-order valence-corrected chi connectivity index (χ1v) is 5.39. The number of nitrogens with zero attached hydrogens (tertiary/aromatic N) is 2. The molecule has 0 heterocycles. The molecule has 4 heteroatoms. The number of oxime groups is 2. The maximum atomic E-state index is 9.07. The van der Waals surface area contributed by atoms with Gasteiger partial charge in [0.2, 0.25) is 0 Å². The molecule has 2 rings (SSSR count). The Kier molecular flexibility index (Phi) is 2.07. The predicted molar refractivity (Wildman–Crippen MR) is 57.7 cm³/mol. The van der Waals surface area contributed by atoms with Crippen molar-refractivity contribution in [1.29, 1.82) is 0 Å². The van der Waals surface area contributed by atoms with E-state index < -0.39 is 0 Å². The van der Waals surface area contributed by atoms with E-state index in [1.54, 1.807) is 0 Å². The van der Waals surface area contributed by atoms with E-state index in [0.717, 1.165) is 24.3 Å². The highest BCUT2D eigenvalue weighted by Gasteiger charge is 2.59. The first kappa shape index (κ1) is 10.5. The first-order valence-electron chi connectivity index (χ1n) is 5.39. The van der Waals surface area contributed by atoms with Crippen molar-refractivity contribution in [3.63, 3.8) is 0 Å². The summed E-state index contributed by atoms with van der Waals surface area (Å²) in [6.45, 7) is 6.48. The maximum Gasteiger partial charge on any atom is 0.0692 e. The zero-order chi connectivity index (χ0) is 11.3. The minimum absolute atomic E-state index is 0.00831. The lowest BCUT2D eigenvalue weighted by atomic mass is 9.57. The van der Waals surface area contributed by atoms with E-state index in [9.17, 15) is 0 Å². The van der Waals surface area contributed by atoms with E-state index in [2.05, 4.69) is 31.1 Å². The van der Waals surface area contributed by atoms with Crippen LogP contribution in [0.4, 0.5) is 0 Å². The normalized spacial score (nSPS) is 43.8. The van der Waals surface area contributed by atoms with E-state index >= 15 is 0 Å². The summed E-state index contributed by atoms with van der Waals surface area (Å²) < 4.78 is 0. The minimum atomic E-state index is -0.0550. The second-order valence-electron chi connectivity index (χ2n) is 5.46. The molecule has 2 fully saturated rings. The van der Waals surface area contributed by atoms with Crippen LogP contribution >= 0.6 is 0 Å². The molecule has 2 saturated carbocycles. The molecule has 0 aliphatic heterocycles. The topological polar surface area (TPSA) is 65.2 Å². The highest BCUT2D eigenvalue weighted by atomic mass is 16.4. The van der Waals surface area contributed by atoms with E-state index in [1.165, 1.54) is 0 Å².